The highest BCUT2D eigenvalue weighted by Gasteiger charge is 2.14. The predicted molar refractivity (Wildman–Crippen MR) is 82.4 cm³/mol. The maximum absolute atomic E-state index is 9.86. The van der Waals surface area contributed by atoms with Gasteiger partial charge in [-0.1, -0.05) is 38.1 Å². The van der Waals surface area contributed by atoms with Crippen LogP contribution in [0.2, 0.25) is 0 Å². The summed E-state index contributed by atoms with van der Waals surface area (Å²) in [6, 6.07) is 15.0. The zero-order valence-electron chi connectivity index (χ0n) is 12.5. The van der Waals surface area contributed by atoms with Gasteiger partial charge in [-0.25, -0.2) is 0 Å². The van der Waals surface area contributed by atoms with Crippen molar-refractivity contribution in [1.82, 2.24) is 0 Å². The zero-order chi connectivity index (χ0) is 15.4. The molecule has 0 unspecified atom stereocenters. The molecule has 0 aliphatic carbocycles. The summed E-state index contributed by atoms with van der Waals surface area (Å²) in [5.41, 5.74) is 2.28. The molecule has 3 nitrogen and oxygen atoms in total. The topological polar surface area (TPSA) is 53.2 Å². The van der Waals surface area contributed by atoms with Gasteiger partial charge in [0.2, 0.25) is 0 Å². The number of hydrogen-bond donors (Lipinski definition) is 1. The molecule has 0 amide bonds. The Morgan fingerprint density at radius 2 is 1.71 bits per heavy atom. The van der Waals surface area contributed by atoms with Crippen LogP contribution in [0.1, 0.15) is 49.5 Å². The number of ether oxygens (including phenoxy) is 1. The molecular weight excluding hydrogens is 262 g/mol. The van der Waals surface area contributed by atoms with E-state index < -0.39 is 6.10 Å². The van der Waals surface area contributed by atoms with Crippen LogP contribution in [-0.4, -0.2) is 5.11 Å². The van der Waals surface area contributed by atoms with Crippen molar-refractivity contribution in [3.63, 3.8) is 0 Å². The summed E-state index contributed by atoms with van der Waals surface area (Å²) < 4.78 is 5.99. The van der Waals surface area contributed by atoms with Crippen molar-refractivity contribution >= 4 is 0 Å². The molecule has 21 heavy (non-hydrogen) atoms. The molecule has 1 N–H and O–H groups in total. The van der Waals surface area contributed by atoms with E-state index in [0.29, 0.717) is 22.8 Å². The molecule has 2 rings (SSSR count). The molecule has 1 atom stereocenters. The lowest BCUT2D eigenvalue weighted by atomic mass is 10.0. The second-order valence-electron chi connectivity index (χ2n) is 5.33. The standard InChI is InChI=1S/C18H19NO2/c1-12(2)15-6-4-5-7-17(15)21-18-10-14(11-19)8-9-16(18)13(3)20/h4-10,12-13,20H,1-3H3/t13-/m1/s1. The van der Waals surface area contributed by atoms with Gasteiger partial charge in [0.15, 0.2) is 0 Å². The van der Waals surface area contributed by atoms with Crippen LogP contribution in [0.4, 0.5) is 0 Å². The first-order chi connectivity index (χ1) is 10.0. The lowest BCUT2D eigenvalue weighted by Crippen LogP contribution is -1.99. The molecule has 108 valence electrons. The van der Waals surface area contributed by atoms with Crippen molar-refractivity contribution in [2.45, 2.75) is 32.8 Å². The van der Waals surface area contributed by atoms with Crippen LogP contribution in [-0.2, 0) is 0 Å². The van der Waals surface area contributed by atoms with Crippen molar-refractivity contribution < 1.29 is 9.84 Å². The van der Waals surface area contributed by atoms with E-state index >= 15 is 0 Å². The molecule has 0 spiro atoms. The van der Waals surface area contributed by atoms with Crippen molar-refractivity contribution in [2.75, 3.05) is 0 Å². The summed E-state index contributed by atoms with van der Waals surface area (Å²) >= 11 is 0. The largest absolute Gasteiger partial charge is 0.457 e. The number of para-hydroxylation sites is 1. The highest BCUT2D eigenvalue weighted by molar-refractivity contribution is 5.47. The molecule has 0 saturated heterocycles. The molecule has 0 aliphatic rings. The van der Waals surface area contributed by atoms with E-state index in [1.54, 1.807) is 25.1 Å². The van der Waals surface area contributed by atoms with Gasteiger partial charge in [0.1, 0.15) is 11.5 Å². The number of rotatable bonds is 4. The molecule has 0 aliphatic heterocycles. The number of nitrogens with zero attached hydrogens (tertiary/aromatic N) is 1. The Bertz CT molecular complexity index is 669. The summed E-state index contributed by atoms with van der Waals surface area (Å²) in [6.45, 7) is 5.88. The Hall–Kier alpha value is -2.31. The average Bonchev–Trinajstić information content (AvgIpc) is 2.47. The van der Waals surface area contributed by atoms with Gasteiger partial charge in [0.05, 0.1) is 17.7 Å². The van der Waals surface area contributed by atoms with E-state index in [1.807, 2.05) is 24.3 Å². The number of benzene rings is 2. The lowest BCUT2D eigenvalue weighted by molar-refractivity contribution is 0.195. The van der Waals surface area contributed by atoms with E-state index in [1.165, 1.54) is 0 Å². The molecule has 0 fully saturated rings. The molecule has 0 bridgehead atoms. The molecule has 0 radical (unpaired) electrons. The summed E-state index contributed by atoms with van der Waals surface area (Å²) in [6.07, 6.45) is -0.654. The van der Waals surface area contributed by atoms with Gasteiger partial charge in [-0.2, -0.15) is 5.26 Å². The first kappa shape index (κ1) is 15.1. The Balaban J connectivity index is 2.46. The summed E-state index contributed by atoms with van der Waals surface area (Å²) in [5.74, 6) is 1.61. The first-order valence-electron chi connectivity index (χ1n) is 7.01. The maximum atomic E-state index is 9.86. The average molecular weight is 281 g/mol. The van der Waals surface area contributed by atoms with Gasteiger partial charge < -0.3 is 9.84 Å². The fraction of sp³-hybridized carbons (Fsp3) is 0.278. The first-order valence-corrected chi connectivity index (χ1v) is 7.01. The Morgan fingerprint density at radius 1 is 1.00 bits per heavy atom. The molecule has 0 saturated carbocycles. The number of nitriles is 1. The fourth-order valence-corrected chi connectivity index (χ4v) is 2.21. The summed E-state index contributed by atoms with van der Waals surface area (Å²) in [7, 11) is 0. The van der Waals surface area contributed by atoms with E-state index in [2.05, 4.69) is 19.9 Å². The van der Waals surface area contributed by atoms with E-state index in [9.17, 15) is 5.11 Å². The second kappa shape index (κ2) is 6.43. The fourth-order valence-electron chi connectivity index (χ4n) is 2.21. The number of aliphatic hydroxyl groups excluding tert-OH is 1. The third-order valence-corrected chi connectivity index (χ3v) is 3.35. The van der Waals surface area contributed by atoms with E-state index in [0.717, 1.165) is 11.3 Å². The molecule has 0 heterocycles. The molecule has 2 aromatic rings. The Kier molecular flexibility index (Phi) is 4.62. The SMILES string of the molecule is CC(C)c1ccccc1Oc1cc(C#N)ccc1[C@@H](C)O. The van der Waals surface area contributed by atoms with E-state index in [-0.39, 0.29) is 0 Å². The zero-order valence-corrected chi connectivity index (χ0v) is 12.5. The van der Waals surface area contributed by atoms with Crippen molar-refractivity contribution in [3.05, 3.63) is 59.2 Å². The molecule has 0 aromatic heterocycles. The summed E-state index contributed by atoms with van der Waals surface area (Å²) in [5, 5.41) is 18.9. The third kappa shape index (κ3) is 3.42. The van der Waals surface area contributed by atoms with Crippen molar-refractivity contribution in [2.24, 2.45) is 0 Å². The quantitative estimate of drug-likeness (QED) is 0.896. The minimum Gasteiger partial charge on any atom is -0.457 e. The van der Waals surface area contributed by atoms with Crippen LogP contribution < -0.4 is 4.74 Å². The smallest absolute Gasteiger partial charge is 0.134 e. The van der Waals surface area contributed by atoms with Gasteiger partial charge in [0, 0.05) is 5.56 Å². The van der Waals surface area contributed by atoms with Gasteiger partial charge in [0.25, 0.3) is 0 Å². The Labute approximate surface area is 125 Å². The van der Waals surface area contributed by atoms with Crippen LogP contribution in [0.25, 0.3) is 0 Å². The van der Waals surface area contributed by atoms with Gasteiger partial charge in [-0.05, 0) is 36.6 Å². The second-order valence-corrected chi connectivity index (χ2v) is 5.33. The van der Waals surface area contributed by atoms with Crippen LogP contribution in [0.3, 0.4) is 0 Å². The van der Waals surface area contributed by atoms with Crippen molar-refractivity contribution in [1.29, 1.82) is 5.26 Å². The van der Waals surface area contributed by atoms with Gasteiger partial charge in [-0.15, -0.1) is 0 Å². The predicted octanol–water partition coefficient (Wildman–Crippen LogP) is 4.53. The van der Waals surface area contributed by atoms with Crippen LogP contribution in [0.5, 0.6) is 11.5 Å². The number of hydrogen-bond acceptors (Lipinski definition) is 3. The molecular formula is C18H19NO2. The maximum Gasteiger partial charge on any atom is 0.134 e. The minimum absolute atomic E-state index is 0.329. The van der Waals surface area contributed by atoms with E-state index in [4.69, 9.17) is 10.00 Å². The minimum atomic E-state index is -0.654. The van der Waals surface area contributed by atoms with Crippen molar-refractivity contribution in [3.8, 4) is 17.6 Å². The third-order valence-electron chi connectivity index (χ3n) is 3.35. The van der Waals surface area contributed by atoms with Gasteiger partial charge in [-0.3, -0.25) is 0 Å². The molecule has 2 aromatic carbocycles. The van der Waals surface area contributed by atoms with Crippen LogP contribution >= 0.6 is 0 Å². The highest BCUT2D eigenvalue weighted by atomic mass is 16.5. The number of aliphatic hydroxyl groups is 1. The van der Waals surface area contributed by atoms with Gasteiger partial charge >= 0.3 is 0 Å². The lowest BCUT2D eigenvalue weighted by Gasteiger charge is -2.17. The van der Waals surface area contributed by atoms with Crippen LogP contribution in [0.15, 0.2) is 42.5 Å². The normalized spacial score (nSPS) is 12.0. The van der Waals surface area contributed by atoms with Crippen LogP contribution in [0, 0.1) is 11.3 Å². The monoisotopic (exact) mass is 281 g/mol. The highest BCUT2D eigenvalue weighted by Crippen LogP contribution is 2.34. The summed E-state index contributed by atoms with van der Waals surface area (Å²) in [4.78, 5) is 0. The molecule has 3 heteroatoms. The Morgan fingerprint density at radius 3 is 2.33 bits per heavy atom.